The average Bonchev–Trinajstić information content (AvgIpc) is 3.09. The molecule has 0 saturated carbocycles. The van der Waals surface area contributed by atoms with Gasteiger partial charge in [0.05, 0.1) is 29.0 Å². The Kier molecular flexibility index (Phi) is 6.86. The first-order valence-corrected chi connectivity index (χ1v) is 11.7. The van der Waals surface area contributed by atoms with Gasteiger partial charge in [-0.1, -0.05) is 25.4 Å². The topological polar surface area (TPSA) is 53.3 Å². The van der Waals surface area contributed by atoms with E-state index in [2.05, 4.69) is 42.4 Å². The Hall–Kier alpha value is -1.67. The van der Waals surface area contributed by atoms with Gasteiger partial charge in [-0.15, -0.1) is 0 Å². The van der Waals surface area contributed by atoms with Crippen LogP contribution in [0.25, 0.3) is 5.65 Å². The number of fused-ring (bicyclic) bond motifs is 1. The van der Waals surface area contributed by atoms with Gasteiger partial charge in [-0.2, -0.15) is 0 Å². The summed E-state index contributed by atoms with van der Waals surface area (Å²) in [6, 6.07) is 3.71. The molecule has 8 heteroatoms. The number of imidazole rings is 1. The first-order valence-electron chi connectivity index (χ1n) is 11.3. The third-order valence-corrected chi connectivity index (χ3v) is 6.48. The molecule has 0 aromatic carbocycles. The van der Waals surface area contributed by atoms with Crippen molar-refractivity contribution in [3.8, 4) is 0 Å². The molecule has 170 valence electrons. The fourth-order valence-corrected chi connectivity index (χ4v) is 5.11. The van der Waals surface area contributed by atoms with Gasteiger partial charge < -0.3 is 14.0 Å². The van der Waals surface area contributed by atoms with Gasteiger partial charge in [0.15, 0.2) is 0 Å². The van der Waals surface area contributed by atoms with Crippen LogP contribution in [0.5, 0.6) is 0 Å². The lowest BCUT2D eigenvalue weighted by Gasteiger charge is -2.44. The maximum Gasteiger partial charge on any atom is 0.240 e. The van der Waals surface area contributed by atoms with Crippen molar-refractivity contribution in [2.75, 3.05) is 39.3 Å². The van der Waals surface area contributed by atoms with Crippen molar-refractivity contribution in [1.29, 1.82) is 0 Å². The standard InChI is InChI=1S/C23H34ClN5O2/c1-16(2)22(29-11-17(3)31-18(4)12-29)23(30)27-9-7-26(8-10-27)14-20-15-28-13-19(24)5-6-21(28)25-20/h5-6,13,15-18,22H,7-12,14H2,1-4H3. The van der Waals surface area contributed by atoms with Gasteiger partial charge in [0.2, 0.25) is 5.91 Å². The highest BCUT2D eigenvalue weighted by Gasteiger charge is 2.37. The molecule has 1 amide bonds. The van der Waals surface area contributed by atoms with E-state index >= 15 is 0 Å². The fourth-order valence-electron chi connectivity index (χ4n) is 4.94. The normalized spacial score (nSPS) is 24.8. The molecule has 31 heavy (non-hydrogen) atoms. The van der Waals surface area contributed by atoms with E-state index < -0.39 is 0 Å². The number of halogens is 1. The van der Waals surface area contributed by atoms with Crippen molar-refractivity contribution >= 4 is 23.2 Å². The lowest BCUT2D eigenvalue weighted by Crippen LogP contribution is -2.60. The van der Waals surface area contributed by atoms with Crippen LogP contribution in [0.2, 0.25) is 5.02 Å². The van der Waals surface area contributed by atoms with E-state index in [-0.39, 0.29) is 30.1 Å². The number of carbonyl (C=O) groups is 1. The SMILES string of the molecule is CC1CN(C(C(=O)N2CCN(Cc3cn4cc(Cl)ccc4n3)CC2)C(C)C)CC(C)O1. The van der Waals surface area contributed by atoms with Crippen LogP contribution in [0.15, 0.2) is 24.5 Å². The molecule has 3 unspecified atom stereocenters. The Labute approximate surface area is 189 Å². The Balaban J connectivity index is 1.35. The van der Waals surface area contributed by atoms with Crippen LogP contribution in [-0.4, -0.2) is 87.5 Å². The minimum absolute atomic E-state index is 0.0801. The zero-order valence-electron chi connectivity index (χ0n) is 19.0. The maximum atomic E-state index is 13.5. The predicted octanol–water partition coefficient (Wildman–Crippen LogP) is 2.77. The number of pyridine rings is 1. The number of hydrogen-bond acceptors (Lipinski definition) is 5. The molecule has 4 heterocycles. The Bertz CT molecular complexity index is 899. The zero-order chi connectivity index (χ0) is 22.1. The van der Waals surface area contributed by atoms with E-state index in [1.165, 1.54) is 0 Å². The predicted molar refractivity (Wildman–Crippen MR) is 122 cm³/mol. The monoisotopic (exact) mass is 447 g/mol. The van der Waals surface area contributed by atoms with Gasteiger partial charge in [-0.05, 0) is 31.9 Å². The van der Waals surface area contributed by atoms with E-state index in [4.69, 9.17) is 21.3 Å². The number of aromatic nitrogens is 2. The molecule has 2 aliphatic rings. The summed E-state index contributed by atoms with van der Waals surface area (Å²) in [5, 5.41) is 0.701. The number of piperazine rings is 1. The second kappa shape index (κ2) is 9.45. The zero-order valence-corrected chi connectivity index (χ0v) is 19.8. The number of hydrogen-bond donors (Lipinski definition) is 0. The molecule has 0 bridgehead atoms. The Morgan fingerprint density at radius 2 is 1.81 bits per heavy atom. The summed E-state index contributed by atoms with van der Waals surface area (Å²) in [5.74, 6) is 0.533. The van der Waals surface area contributed by atoms with Gasteiger partial charge >= 0.3 is 0 Å². The van der Waals surface area contributed by atoms with Crippen LogP contribution < -0.4 is 0 Å². The van der Waals surface area contributed by atoms with E-state index in [0.29, 0.717) is 5.02 Å². The highest BCUT2D eigenvalue weighted by Crippen LogP contribution is 2.21. The molecule has 2 aromatic heterocycles. The van der Waals surface area contributed by atoms with Crippen LogP contribution in [0.3, 0.4) is 0 Å². The highest BCUT2D eigenvalue weighted by molar-refractivity contribution is 6.30. The lowest BCUT2D eigenvalue weighted by atomic mass is 9.98. The number of ether oxygens (including phenoxy) is 1. The first kappa shape index (κ1) is 22.5. The molecular formula is C23H34ClN5O2. The summed E-state index contributed by atoms with van der Waals surface area (Å²) >= 11 is 6.08. The molecule has 0 radical (unpaired) electrons. The fraction of sp³-hybridized carbons (Fsp3) is 0.652. The van der Waals surface area contributed by atoms with Crippen LogP contribution >= 0.6 is 11.6 Å². The molecule has 2 aromatic rings. The second-order valence-electron chi connectivity index (χ2n) is 9.35. The van der Waals surface area contributed by atoms with Crippen molar-refractivity contribution in [2.24, 2.45) is 5.92 Å². The van der Waals surface area contributed by atoms with Crippen LogP contribution in [-0.2, 0) is 16.1 Å². The largest absolute Gasteiger partial charge is 0.373 e. The first-order chi connectivity index (χ1) is 14.8. The third kappa shape index (κ3) is 5.22. The van der Waals surface area contributed by atoms with Gasteiger partial charge in [0.25, 0.3) is 0 Å². The summed E-state index contributed by atoms with van der Waals surface area (Å²) < 4.78 is 7.85. The Morgan fingerprint density at radius 3 is 2.45 bits per heavy atom. The average molecular weight is 448 g/mol. The molecule has 2 fully saturated rings. The van der Waals surface area contributed by atoms with Gasteiger partial charge in [-0.3, -0.25) is 14.6 Å². The molecule has 3 atom stereocenters. The molecule has 2 saturated heterocycles. The van der Waals surface area contributed by atoms with E-state index in [1.807, 2.05) is 28.9 Å². The highest BCUT2D eigenvalue weighted by atomic mass is 35.5. The number of carbonyl (C=O) groups excluding carboxylic acids is 1. The van der Waals surface area contributed by atoms with Crippen molar-refractivity contribution < 1.29 is 9.53 Å². The summed E-state index contributed by atoms with van der Waals surface area (Å²) in [5.41, 5.74) is 1.93. The number of nitrogens with zero attached hydrogens (tertiary/aromatic N) is 5. The van der Waals surface area contributed by atoms with Crippen molar-refractivity contribution in [1.82, 2.24) is 24.1 Å². The molecule has 0 spiro atoms. The van der Waals surface area contributed by atoms with E-state index in [9.17, 15) is 4.79 Å². The van der Waals surface area contributed by atoms with Gasteiger partial charge in [0.1, 0.15) is 5.65 Å². The van der Waals surface area contributed by atoms with Crippen LogP contribution in [0, 0.1) is 5.92 Å². The summed E-state index contributed by atoms with van der Waals surface area (Å²) in [6.07, 6.45) is 4.24. The third-order valence-electron chi connectivity index (χ3n) is 6.26. The number of amides is 1. The summed E-state index contributed by atoms with van der Waals surface area (Å²) in [6.45, 7) is 14.2. The molecule has 4 rings (SSSR count). The van der Waals surface area contributed by atoms with Crippen molar-refractivity contribution in [3.63, 3.8) is 0 Å². The van der Waals surface area contributed by atoms with Gasteiger partial charge in [-0.25, -0.2) is 4.98 Å². The van der Waals surface area contributed by atoms with E-state index in [0.717, 1.165) is 57.2 Å². The smallest absolute Gasteiger partial charge is 0.240 e. The quantitative estimate of drug-likeness (QED) is 0.705. The maximum absolute atomic E-state index is 13.5. The second-order valence-corrected chi connectivity index (χ2v) is 9.78. The number of morpholine rings is 1. The Morgan fingerprint density at radius 1 is 1.13 bits per heavy atom. The van der Waals surface area contributed by atoms with Crippen LogP contribution in [0.4, 0.5) is 0 Å². The molecule has 0 N–H and O–H groups in total. The molecule has 2 aliphatic heterocycles. The molecular weight excluding hydrogens is 414 g/mol. The summed E-state index contributed by atoms with van der Waals surface area (Å²) in [4.78, 5) is 24.9. The van der Waals surface area contributed by atoms with Crippen LogP contribution in [0.1, 0.15) is 33.4 Å². The van der Waals surface area contributed by atoms with E-state index in [1.54, 1.807) is 0 Å². The lowest BCUT2D eigenvalue weighted by molar-refractivity contribution is -0.147. The molecule has 0 aliphatic carbocycles. The minimum atomic E-state index is -0.0801. The summed E-state index contributed by atoms with van der Waals surface area (Å²) in [7, 11) is 0. The number of rotatable bonds is 5. The minimum Gasteiger partial charge on any atom is -0.373 e. The van der Waals surface area contributed by atoms with Crippen molar-refractivity contribution in [3.05, 3.63) is 35.2 Å². The molecule has 7 nitrogen and oxygen atoms in total. The van der Waals surface area contributed by atoms with Crippen molar-refractivity contribution in [2.45, 2.75) is 52.5 Å². The van der Waals surface area contributed by atoms with Gasteiger partial charge in [0, 0.05) is 58.2 Å².